The second kappa shape index (κ2) is 6.87. The molecule has 1 N–H and O–H groups in total. The first-order chi connectivity index (χ1) is 10.1. The molecule has 0 aromatic heterocycles. The van der Waals surface area contributed by atoms with Crippen LogP contribution in [0.5, 0.6) is 11.5 Å². The van der Waals surface area contributed by atoms with Gasteiger partial charge in [-0.25, -0.2) is 0 Å². The Hall–Kier alpha value is -1.95. The van der Waals surface area contributed by atoms with Gasteiger partial charge in [-0.1, -0.05) is 0 Å². The maximum atomic E-state index is 12.4. The van der Waals surface area contributed by atoms with Gasteiger partial charge in [-0.3, -0.25) is 9.59 Å². The summed E-state index contributed by atoms with van der Waals surface area (Å²) < 4.78 is 11.1. The third kappa shape index (κ3) is 3.27. The molecule has 2 aliphatic rings. The average molecular weight is 328 g/mol. The molecule has 1 aromatic rings. The van der Waals surface area contributed by atoms with Crippen molar-refractivity contribution in [3.63, 3.8) is 0 Å². The van der Waals surface area contributed by atoms with Crippen LogP contribution in [0.4, 0.5) is 0 Å². The summed E-state index contributed by atoms with van der Waals surface area (Å²) in [4.78, 5) is 25.0. The number of ether oxygens (including phenoxy) is 2. The lowest BCUT2D eigenvalue weighted by Crippen LogP contribution is -2.29. The lowest BCUT2D eigenvalue weighted by atomic mass is 10.1. The zero-order chi connectivity index (χ0) is 14.8. The van der Waals surface area contributed by atoms with Gasteiger partial charge >= 0.3 is 5.97 Å². The second-order valence-corrected chi connectivity index (χ2v) is 5.29. The fourth-order valence-corrected chi connectivity index (χ4v) is 2.63. The number of rotatable bonds is 2. The maximum Gasteiger partial charge on any atom is 0.308 e. The Kier molecular flexibility index (Phi) is 5.13. The van der Waals surface area contributed by atoms with Crippen LogP contribution in [0.2, 0.25) is 0 Å². The van der Waals surface area contributed by atoms with Crippen molar-refractivity contribution >= 4 is 24.3 Å². The molecule has 2 aliphatic heterocycles. The highest BCUT2D eigenvalue weighted by Crippen LogP contribution is 2.31. The Labute approximate surface area is 134 Å². The molecule has 3 rings (SSSR count). The Morgan fingerprint density at radius 1 is 1.18 bits per heavy atom. The van der Waals surface area contributed by atoms with Crippen LogP contribution < -0.4 is 9.47 Å². The van der Waals surface area contributed by atoms with E-state index in [4.69, 9.17) is 14.6 Å². The molecule has 1 saturated heterocycles. The van der Waals surface area contributed by atoms with E-state index in [1.165, 1.54) is 0 Å². The first kappa shape index (κ1) is 16.4. The van der Waals surface area contributed by atoms with E-state index in [1.54, 1.807) is 23.1 Å². The number of hydrogen-bond acceptors (Lipinski definition) is 4. The number of carboxylic acids is 1. The molecule has 0 aliphatic carbocycles. The molecular weight excluding hydrogens is 310 g/mol. The molecule has 6 nitrogen and oxygen atoms in total. The summed E-state index contributed by atoms with van der Waals surface area (Å²) in [5.74, 6) is -0.242. The monoisotopic (exact) mass is 327 g/mol. The minimum Gasteiger partial charge on any atom is -0.490 e. The smallest absolute Gasteiger partial charge is 0.308 e. The van der Waals surface area contributed by atoms with Crippen LogP contribution in [0, 0.1) is 5.92 Å². The van der Waals surface area contributed by atoms with E-state index in [0.717, 1.165) is 6.42 Å². The number of benzene rings is 1. The fourth-order valence-electron chi connectivity index (χ4n) is 2.63. The molecule has 120 valence electrons. The molecule has 22 heavy (non-hydrogen) atoms. The number of aliphatic carboxylic acids is 1. The van der Waals surface area contributed by atoms with E-state index >= 15 is 0 Å². The average Bonchev–Trinajstić information content (AvgIpc) is 2.86. The molecule has 0 spiro atoms. The van der Waals surface area contributed by atoms with E-state index < -0.39 is 11.9 Å². The second-order valence-electron chi connectivity index (χ2n) is 5.29. The maximum absolute atomic E-state index is 12.4. The van der Waals surface area contributed by atoms with Crippen LogP contribution in [0.1, 0.15) is 23.2 Å². The molecule has 2 heterocycles. The van der Waals surface area contributed by atoms with Gasteiger partial charge < -0.3 is 19.5 Å². The summed E-state index contributed by atoms with van der Waals surface area (Å²) in [5.41, 5.74) is 0.505. The van der Waals surface area contributed by atoms with Gasteiger partial charge in [0.2, 0.25) is 0 Å². The van der Waals surface area contributed by atoms with Crippen LogP contribution in [0.25, 0.3) is 0 Å². The molecule has 1 amide bonds. The van der Waals surface area contributed by atoms with Crippen LogP contribution in [-0.4, -0.2) is 48.2 Å². The molecule has 7 heteroatoms. The number of nitrogens with zero attached hydrogens (tertiary/aromatic N) is 1. The number of halogens is 1. The van der Waals surface area contributed by atoms with Crippen molar-refractivity contribution in [3.8, 4) is 11.5 Å². The lowest BCUT2D eigenvalue weighted by Gasteiger charge is -2.17. The number of hydrogen-bond donors (Lipinski definition) is 1. The molecule has 1 fully saturated rings. The van der Waals surface area contributed by atoms with Crippen LogP contribution in [0.15, 0.2) is 18.2 Å². The van der Waals surface area contributed by atoms with Crippen molar-refractivity contribution in [3.05, 3.63) is 23.8 Å². The van der Waals surface area contributed by atoms with E-state index in [0.29, 0.717) is 43.2 Å². The molecule has 1 unspecified atom stereocenters. The molecule has 0 radical (unpaired) electrons. The normalized spacial score (nSPS) is 20.0. The van der Waals surface area contributed by atoms with Gasteiger partial charge in [-0.15, -0.1) is 12.4 Å². The highest BCUT2D eigenvalue weighted by atomic mass is 35.5. The van der Waals surface area contributed by atoms with Gasteiger partial charge in [-0.05, 0) is 24.6 Å². The zero-order valence-electron chi connectivity index (χ0n) is 12.0. The summed E-state index contributed by atoms with van der Waals surface area (Å²) >= 11 is 0. The minimum atomic E-state index is -0.844. The lowest BCUT2D eigenvalue weighted by molar-refractivity contribution is -0.141. The van der Waals surface area contributed by atoms with E-state index in [-0.39, 0.29) is 24.9 Å². The largest absolute Gasteiger partial charge is 0.490 e. The van der Waals surface area contributed by atoms with Crippen molar-refractivity contribution in [1.82, 2.24) is 4.90 Å². The predicted octanol–water partition coefficient (Wildman–Crippen LogP) is 1.82. The minimum absolute atomic E-state index is 0. The van der Waals surface area contributed by atoms with Crippen molar-refractivity contribution < 1.29 is 24.2 Å². The van der Waals surface area contributed by atoms with Crippen LogP contribution >= 0.6 is 12.4 Å². The Morgan fingerprint density at radius 2 is 1.91 bits per heavy atom. The first-order valence-electron chi connectivity index (χ1n) is 7.07. The van der Waals surface area contributed by atoms with Gasteiger partial charge in [0.25, 0.3) is 5.91 Å². The SMILES string of the molecule is Cl.O=C(O)C1CCN(C(=O)c2ccc3c(c2)OCCCO3)C1. The number of fused-ring (bicyclic) bond motifs is 1. The number of carbonyl (C=O) groups excluding carboxylic acids is 1. The predicted molar refractivity (Wildman–Crippen MR) is 80.9 cm³/mol. The van der Waals surface area contributed by atoms with E-state index in [9.17, 15) is 9.59 Å². The third-order valence-corrected chi connectivity index (χ3v) is 3.82. The fraction of sp³-hybridized carbons (Fsp3) is 0.467. The van der Waals surface area contributed by atoms with Gasteiger partial charge in [0.1, 0.15) is 0 Å². The molecular formula is C15H18ClNO5. The van der Waals surface area contributed by atoms with Gasteiger partial charge in [0.15, 0.2) is 11.5 Å². The summed E-state index contributed by atoms with van der Waals surface area (Å²) in [6.45, 7) is 1.91. The summed E-state index contributed by atoms with van der Waals surface area (Å²) in [6, 6.07) is 5.11. The standard InChI is InChI=1S/C15H17NO5.ClH/c17-14(16-5-4-11(9-16)15(18)19)10-2-3-12-13(8-10)21-7-1-6-20-12;/h2-3,8,11H,1,4-7,9H2,(H,18,19);1H. The summed E-state index contributed by atoms with van der Waals surface area (Å²) in [6.07, 6.45) is 1.32. The van der Waals surface area contributed by atoms with E-state index in [1.807, 2.05) is 0 Å². The Bertz CT molecular complexity index is 577. The third-order valence-electron chi connectivity index (χ3n) is 3.82. The Morgan fingerprint density at radius 3 is 2.59 bits per heavy atom. The number of amides is 1. The zero-order valence-corrected chi connectivity index (χ0v) is 12.8. The van der Waals surface area contributed by atoms with Crippen LogP contribution in [0.3, 0.4) is 0 Å². The number of carboxylic acid groups (broad SMARTS) is 1. The van der Waals surface area contributed by atoms with Gasteiger partial charge in [-0.2, -0.15) is 0 Å². The van der Waals surface area contributed by atoms with Crippen molar-refractivity contribution in [2.24, 2.45) is 5.92 Å². The summed E-state index contributed by atoms with van der Waals surface area (Å²) in [7, 11) is 0. The number of likely N-dealkylation sites (tertiary alicyclic amines) is 1. The first-order valence-corrected chi connectivity index (χ1v) is 7.07. The Balaban J connectivity index is 0.00000176. The number of carbonyl (C=O) groups is 2. The highest BCUT2D eigenvalue weighted by molar-refractivity contribution is 5.95. The topological polar surface area (TPSA) is 76.1 Å². The molecule has 0 bridgehead atoms. The molecule has 0 saturated carbocycles. The van der Waals surface area contributed by atoms with Crippen molar-refractivity contribution in [1.29, 1.82) is 0 Å². The van der Waals surface area contributed by atoms with Crippen LogP contribution in [-0.2, 0) is 4.79 Å². The molecule has 1 aromatic carbocycles. The van der Waals surface area contributed by atoms with Crippen molar-refractivity contribution in [2.75, 3.05) is 26.3 Å². The summed E-state index contributed by atoms with van der Waals surface area (Å²) in [5, 5.41) is 9.00. The quantitative estimate of drug-likeness (QED) is 0.896. The molecule has 1 atom stereocenters. The van der Waals surface area contributed by atoms with Gasteiger partial charge in [0, 0.05) is 25.1 Å². The van der Waals surface area contributed by atoms with E-state index in [2.05, 4.69) is 0 Å². The van der Waals surface area contributed by atoms with Gasteiger partial charge in [0.05, 0.1) is 19.1 Å². The highest BCUT2D eigenvalue weighted by Gasteiger charge is 2.31. The van der Waals surface area contributed by atoms with Crippen molar-refractivity contribution in [2.45, 2.75) is 12.8 Å².